The molecule has 0 aliphatic heterocycles. The van der Waals surface area contributed by atoms with Gasteiger partial charge >= 0.3 is 0 Å². The van der Waals surface area contributed by atoms with Crippen molar-refractivity contribution in [1.82, 2.24) is 9.80 Å². The maximum Gasteiger partial charge on any atom is 0.227 e. The van der Waals surface area contributed by atoms with Gasteiger partial charge in [0.25, 0.3) is 0 Å². The van der Waals surface area contributed by atoms with Gasteiger partial charge in [-0.25, -0.2) is 0 Å². The van der Waals surface area contributed by atoms with Gasteiger partial charge < -0.3 is 9.80 Å². The molecule has 3 nitrogen and oxygen atoms in total. The number of rotatable bonds is 4. The minimum absolute atomic E-state index is 0. The zero-order valence-electron chi connectivity index (χ0n) is 15.4. The van der Waals surface area contributed by atoms with Crippen molar-refractivity contribution in [3.05, 3.63) is 48.0 Å². The molecule has 0 radical (unpaired) electrons. The minimum atomic E-state index is 0. The Bertz CT molecular complexity index is 711. The van der Waals surface area contributed by atoms with E-state index in [2.05, 4.69) is 43.3 Å². The Morgan fingerprint density at radius 1 is 0.960 bits per heavy atom. The van der Waals surface area contributed by atoms with Gasteiger partial charge in [0.2, 0.25) is 5.91 Å². The van der Waals surface area contributed by atoms with Crippen LogP contribution in [0.25, 0.3) is 10.8 Å². The molecule has 1 aliphatic rings. The van der Waals surface area contributed by atoms with Crippen LogP contribution in [0.3, 0.4) is 0 Å². The van der Waals surface area contributed by atoms with Crippen molar-refractivity contribution in [2.24, 2.45) is 0 Å². The SMILES string of the molecule is CN(C)C1CCCCC1N(C)C(=O)Cc1cccc2ccccc12.Cl. The first kappa shape index (κ1) is 19.7. The number of likely N-dealkylation sites (N-methyl/N-ethyl adjacent to an activating group) is 2. The maximum atomic E-state index is 12.9. The molecule has 0 N–H and O–H groups in total. The molecule has 0 heterocycles. The van der Waals surface area contributed by atoms with E-state index in [4.69, 9.17) is 0 Å². The average Bonchev–Trinajstić information content (AvgIpc) is 2.61. The molecule has 1 fully saturated rings. The Morgan fingerprint density at radius 2 is 1.60 bits per heavy atom. The smallest absolute Gasteiger partial charge is 0.227 e. The molecule has 136 valence electrons. The standard InChI is InChI=1S/C21H28N2O.ClH/c1-22(2)19-13-6-7-14-20(19)23(3)21(24)15-17-11-8-10-16-9-4-5-12-18(16)17;/h4-5,8-12,19-20H,6-7,13-15H2,1-3H3;1H. The summed E-state index contributed by atoms with van der Waals surface area (Å²) >= 11 is 0. The molecule has 2 aromatic carbocycles. The van der Waals surface area contributed by atoms with Crippen LogP contribution in [0, 0.1) is 0 Å². The lowest BCUT2D eigenvalue weighted by atomic mass is 9.88. The van der Waals surface area contributed by atoms with Crippen molar-refractivity contribution in [3.8, 4) is 0 Å². The Morgan fingerprint density at radius 3 is 2.32 bits per heavy atom. The second-order valence-electron chi connectivity index (χ2n) is 7.20. The van der Waals surface area contributed by atoms with E-state index in [-0.39, 0.29) is 18.3 Å². The van der Waals surface area contributed by atoms with Crippen LogP contribution in [-0.2, 0) is 11.2 Å². The van der Waals surface area contributed by atoms with Crippen LogP contribution in [0.5, 0.6) is 0 Å². The summed E-state index contributed by atoms with van der Waals surface area (Å²) in [7, 11) is 6.25. The molecule has 0 aromatic heterocycles. The Hall–Kier alpha value is -1.58. The predicted octanol–water partition coefficient (Wildman–Crippen LogP) is 4.14. The van der Waals surface area contributed by atoms with Crippen molar-refractivity contribution in [2.75, 3.05) is 21.1 Å². The molecule has 2 atom stereocenters. The molecule has 2 unspecified atom stereocenters. The van der Waals surface area contributed by atoms with Gasteiger partial charge in [-0.1, -0.05) is 55.3 Å². The van der Waals surface area contributed by atoms with Crippen LogP contribution in [0.1, 0.15) is 31.2 Å². The van der Waals surface area contributed by atoms with E-state index in [9.17, 15) is 4.79 Å². The molecule has 1 saturated carbocycles. The van der Waals surface area contributed by atoms with Crippen LogP contribution < -0.4 is 0 Å². The van der Waals surface area contributed by atoms with Gasteiger partial charge in [0.1, 0.15) is 0 Å². The lowest BCUT2D eigenvalue weighted by molar-refractivity contribution is -0.133. The minimum Gasteiger partial charge on any atom is -0.341 e. The summed E-state index contributed by atoms with van der Waals surface area (Å²) in [6.45, 7) is 0. The van der Waals surface area contributed by atoms with E-state index in [0.29, 0.717) is 18.5 Å². The second-order valence-corrected chi connectivity index (χ2v) is 7.20. The number of benzene rings is 2. The number of hydrogen-bond donors (Lipinski definition) is 0. The number of carbonyl (C=O) groups excluding carboxylic acids is 1. The fourth-order valence-corrected chi connectivity index (χ4v) is 4.07. The van der Waals surface area contributed by atoms with Crippen LogP contribution in [0.4, 0.5) is 0 Å². The number of carbonyl (C=O) groups is 1. The van der Waals surface area contributed by atoms with Gasteiger partial charge in [0.05, 0.1) is 6.42 Å². The third-order valence-corrected chi connectivity index (χ3v) is 5.47. The Kier molecular flexibility index (Phi) is 6.86. The first-order valence-electron chi connectivity index (χ1n) is 8.96. The number of nitrogens with zero attached hydrogens (tertiary/aromatic N) is 2. The lowest BCUT2D eigenvalue weighted by Crippen LogP contribution is -2.52. The zero-order chi connectivity index (χ0) is 17.1. The molecule has 2 aromatic rings. The van der Waals surface area contributed by atoms with Gasteiger partial charge in [-0.2, -0.15) is 0 Å². The van der Waals surface area contributed by atoms with Gasteiger partial charge in [0, 0.05) is 19.1 Å². The molecule has 0 saturated heterocycles. The molecule has 0 bridgehead atoms. The summed E-state index contributed by atoms with van der Waals surface area (Å²) in [5, 5.41) is 2.39. The topological polar surface area (TPSA) is 23.6 Å². The van der Waals surface area contributed by atoms with Crippen molar-refractivity contribution in [1.29, 1.82) is 0 Å². The van der Waals surface area contributed by atoms with Gasteiger partial charge in [0.15, 0.2) is 0 Å². The van der Waals surface area contributed by atoms with Crippen LogP contribution in [-0.4, -0.2) is 48.9 Å². The zero-order valence-corrected chi connectivity index (χ0v) is 16.3. The first-order chi connectivity index (χ1) is 11.6. The summed E-state index contributed by atoms with van der Waals surface area (Å²) in [6, 6.07) is 15.4. The summed E-state index contributed by atoms with van der Waals surface area (Å²) in [6.07, 6.45) is 5.27. The molecule has 0 spiro atoms. The molecular weight excluding hydrogens is 332 g/mol. The van der Waals surface area contributed by atoms with Crippen molar-refractivity contribution < 1.29 is 4.79 Å². The maximum absolute atomic E-state index is 12.9. The number of hydrogen-bond acceptors (Lipinski definition) is 2. The van der Waals surface area contributed by atoms with E-state index in [1.54, 1.807) is 0 Å². The van der Waals surface area contributed by atoms with E-state index < -0.39 is 0 Å². The van der Waals surface area contributed by atoms with E-state index in [0.717, 1.165) is 12.0 Å². The average molecular weight is 361 g/mol. The summed E-state index contributed by atoms with van der Waals surface area (Å²) < 4.78 is 0. The lowest BCUT2D eigenvalue weighted by Gasteiger charge is -2.41. The third-order valence-electron chi connectivity index (χ3n) is 5.47. The van der Waals surface area contributed by atoms with E-state index in [1.165, 1.54) is 30.0 Å². The quantitative estimate of drug-likeness (QED) is 0.818. The van der Waals surface area contributed by atoms with Crippen LogP contribution >= 0.6 is 12.4 Å². The molecule has 25 heavy (non-hydrogen) atoms. The summed E-state index contributed by atoms with van der Waals surface area (Å²) in [5.41, 5.74) is 1.13. The second kappa shape index (κ2) is 8.68. The Balaban J connectivity index is 0.00000225. The fourth-order valence-electron chi connectivity index (χ4n) is 4.07. The molecular formula is C21H29ClN2O. The van der Waals surface area contributed by atoms with Crippen molar-refractivity contribution in [2.45, 2.75) is 44.2 Å². The number of halogens is 1. The highest BCUT2D eigenvalue weighted by atomic mass is 35.5. The number of amides is 1. The highest BCUT2D eigenvalue weighted by molar-refractivity contribution is 5.90. The molecule has 3 rings (SSSR count). The summed E-state index contributed by atoms with van der Waals surface area (Å²) in [5.74, 6) is 0.227. The normalized spacial score (nSPS) is 20.3. The number of fused-ring (bicyclic) bond motifs is 1. The van der Waals surface area contributed by atoms with Gasteiger partial charge in [-0.05, 0) is 43.3 Å². The van der Waals surface area contributed by atoms with E-state index in [1.807, 2.05) is 30.1 Å². The van der Waals surface area contributed by atoms with Gasteiger partial charge in [-0.15, -0.1) is 12.4 Å². The highest BCUT2D eigenvalue weighted by Crippen LogP contribution is 2.26. The monoisotopic (exact) mass is 360 g/mol. The van der Waals surface area contributed by atoms with E-state index >= 15 is 0 Å². The first-order valence-corrected chi connectivity index (χ1v) is 8.96. The molecule has 4 heteroatoms. The fraction of sp³-hybridized carbons (Fsp3) is 0.476. The highest BCUT2D eigenvalue weighted by Gasteiger charge is 2.31. The van der Waals surface area contributed by atoms with Crippen LogP contribution in [0.2, 0.25) is 0 Å². The van der Waals surface area contributed by atoms with Gasteiger partial charge in [-0.3, -0.25) is 4.79 Å². The third kappa shape index (κ3) is 4.34. The van der Waals surface area contributed by atoms with Crippen LogP contribution in [0.15, 0.2) is 42.5 Å². The summed E-state index contributed by atoms with van der Waals surface area (Å²) in [4.78, 5) is 17.2. The molecule has 1 amide bonds. The Labute approximate surface area is 157 Å². The largest absolute Gasteiger partial charge is 0.341 e. The van der Waals surface area contributed by atoms with Crippen molar-refractivity contribution >= 4 is 29.1 Å². The molecule has 1 aliphatic carbocycles. The predicted molar refractivity (Wildman–Crippen MR) is 107 cm³/mol. The van der Waals surface area contributed by atoms with Crippen molar-refractivity contribution in [3.63, 3.8) is 0 Å².